The Balaban J connectivity index is 1.70. The lowest BCUT2D eigenvalue weighted by atomic mass is 10.1. The second-order valence-electron chi connectivity index (χ2n) is 6.50. The Morgan fingerprint density at radius 3 is 2.71 bits per heavy atom. The maximum absolute atomic E-state index is 12.6. The molecule has 0 aliphatic rings. The number of carbonyl (C=O) groups excluding carboxylic acids is 1. The van der Waals surface area contributed by atoms with E-state index in [0.29, 0.717) is 30.3 Å². The zero-order valence-corrected chi connectivity index (χ0v) is 16.8. The van der Waals surface area contributed by atoms with Crippen molar-refractivity contribution in [3.8, 4) is 17.2 Å². The molecule has 0 fully saturated rings. The molecule has 0 saturated heterocycles. The van der Waals surface area contributed by atoms with Crippen LogP contribution in [0.2, 0.25) is 0 Å². The minimum atomic E-state index is -0.566. The number of nitrogens with one attached hydrogen (secondary N) is 1. The summed E-state index contributed by atoms with van der Waals surface area (Å²) in [5.74, 6) is 0.335. The lowest BCUT2D eigenvalue weighted by Gasteiger charge is -2.14. The first-order valence-electron chi connectivity index (χ1n) is 9.51. The highest BCUT2D eigenvalue weighted by atomic mass is 16.6. The van der Waals surface area contributed by atoms with Gasteiger partial charge in [0.1, 0.15) is 12.4 Å². The molecule has 1 heterocycles. The predicted molar refractivity (Wildman–Crippen MR) is 112 cm³/mol. The van der Waals surface area contributed by atoms with Crippen molar-refractivity contribution in [3.05, 3.63) is 87.7 Å². The van der Waals surface area contributed by atoms with Crippen molar-refractivity contribution < 1.29 is 24.3 Å². The Labute approximate surface area is 178 Å². The van der Waals surface area contributed by atoms with E-state index in [1.54, 1.807) is 30.6 Å². The van der Waals surface area contributed by atoms with E-state index in [-0.39, 0.29) is 23.5 Å². The average Bonchev–Trinajstić information content (AvgIpc) is 2.78. The summed E-state index contributed by atoms with van der Waals surface area (Å²) in [4.78, 5) is 26.9. The van der Waals surface area contributed by atoms with Crippen molar-refractivity contribution in [2.45, 2.75) is 20.1 Å². The number of benzene rings is 2. The summed E-state index contributed by atoms with van der Waals surface area (Å²) in [7, 11) is 0. The smallest absolute Gasteiger partial charge is 0.270 e. The van der Waals surface area contributed by atoms with E-state index in [2.05, 4.69) is 10.3 Å². The van der Waals surface area contributed by atoms with Gasteiger partial charge in [-0.15, -0.1) is 0 Å². The van der Waals surface area contributed by atoms with Crippen molar-refractivity contribution in [1.29, 1.82) is 0 Å². The van der Waals surface area contributed by atoms with Gasteiger partial charge in [-0.05, 0) is 37.3 Å². The van der Waals surface area contributed by atoms with E-state index in [1.807, 2.05) is 19.1 Å². The van der Waals surface area contributed by atoms with Crippen LogP contribution in [-0.2, 0) is 13.2 Å². The molecule has 31 heavy (non-hydrogen) atoms. The highest BCUT2D eigenvalue weighted by Crippen LogP contribution is 2.29. The molecule has 1 amide bonds. The molecule has 0 spiro atoms. The van der Waals surface area contributed by atoms with Crippen molar-refractivity contribution in [1.82, 2.24) is 10.3 Å². The van der Waals surface area contributed by atoms with E-state index in [9.17, 15) is 20.0 Å². The monoisotopic (exact) mass is 423 g/mol. The van der Waals surface area contributed by atoms with Crippen LogP contribution in [0, 0.1) is 10.1 Å². The average molecular weight is 423 g/mol. The van der Waals surface area contributed by atoms with Crippen LogP contribution in [0.1, 0.15) is 28.4 Å². The Morgan fingerprint density at radius 1 is 1.16 bits per heavy atom. The summed E-state index contributed by atoms with van der Waals surface area (Å²) in [5.41, 5.74) is 1.28. The third kappa shape index (κ3) is 5.69. The fourth-order valence-corrected chi connectivity index (χ4v) is 2.79. The van der Waals surface area contributed by atoms with Crippen LogP contribution in [0.3, 0.4) is 0 Å². The number of aromatic hydroxyl groups is 1. The standard InChI is InChI=1S/C22H21N3O6/c1-2-30-21-11-16(5-8-20(21)31-14-15-4-3-9-23-12-15)22(27)24-13-17-10-18(25(28)29)6-7-19(17)26/h3-12,26H,2,13-14H2,1H3,(H,24,27). The summed E-state index contributed by atoms with van der Waals surface area (Å²) in [5, 5.41) is 23.4. The summed E-state index contributed by atoms with van der Waals surface area (Å²) >= 11 is 0. The first-order chi connectivity index (χ1) is 15.0. The third-order valence-corrected chi connectivity index (χ3v) is 4.34. The van der Waals surface area contributed by atoms with Gasteiger partial charge < -0.3 is 19.9 Å². The van der Waals surface area contributed by atoms with Gasteiger partial charge in [-0.25, -0.2) is 0 Å². The van der Waals surface area contributed by atoms with Crippen LogP contribution < -0.4 is 14.8 Å². The van der Waals surface area contributed by atoms with Crippen LogP contribution >= 0.6 is 0 Å². The molecule has 0 bridgehead atoms. The fraction of sp³-hybridized carbons (Fsp3) is 0.182. The minimum Gasteiger partial charge on any atom is -0.508 e. The van der Waals surface area contributed by atoms with Crippen LogP contribution in [0.15, 0.2) is 60.9 Å². The zero-order valence-electron chi connectivity index (χ0n) is 16.8. The number of rotatable bonds is 9. The molecule has 0 unspecified atom stereocenters. The first-order valence-corrected chi connectivity index (χ1v) is 9.51. The quantitative estimate of drug-likeness (QED) is 0.398. The number of nitro groups is 1. The number of non-ortho nitro benzene ring substituents is 1. The number of phenols is 1. The maximum atomic E-state index is 12.6. The lowest BCUT2D eigenvalue weighted by molar-refractivity contribution is -0.384. The van der Waals surface area contributed by atoms with Crippen molar-refractivity contribution in [2.24, 2.45) is 0 Å². The van der Waals surface area contributed by atoms with E-state index in [4.69, 9.17) is 9.47 Å². The van der Waals surface area contributed by atoms with Crippen molar-refractivity contribution >= 4 is 11.6 Å². The summed E-state index contributed by atoms with van der Waals surface area (Å²) in [6, 6.07) is 12.1. The van der Waals surface area contributed by atoms with Crippen LogP contribution in [0.4, 0.5) is 5.69 Å². The molecule has 9 nitrogen and oxygen atoms in total. The molecule has 160 valence electrons. The van der Waals surface area contributed by atoms with Gasteiger partial charge in [-0.2, -0.15) is 0 Å². The summed E-state index contributed by atoms with van der Waals surface area (Å²) < 4.78 is 11.4. The van der Waals surface area contributed by atoms with Gasteiger partial charge >= 0.3 is 0 Å². The van der Waals surface area contributed by atoms with Crippen LogP contribution in [0.5, 0.6) is 17.2 Å². The van der Waals surface area contributed by atoms with Crippen LogP contribution in [-0.4, -0.2) is 27.5 Å². The zero-order chi connectivity index (χ0) is 22.2. The largest absolute Gasteiger partial charge is 0.508 e. The van der Waals surface area contributed by atoms with Gasteiger partial charge in [0, 0.05) is 47.8 Å². The second-order valence-corrected chi connectivity index (χ2v) is 6.50. The first kappa shape index (κ1) is 21.6. The molecule has 0 radical (unpaired) electrons. The van der Waals surface area contributed by atoms with Gasteiger partial charge in [0.2, 0.25) is 0 Å². The second kappa shape index (κ2) is 10.1. The van der Waals surface area contributed by atoms with Gasteiger partial charge in [-0.3, -0.25) is 19.9 Å². The molecule has 2 N–H and O–H groups in total. The number of amides is 1. The number of ether oxygens (including phenoxy) is 2. The number of hydrogen-bond acceptors (Lipinski definition) is 7. The Morgan fingerprint density at radius 2 is 2.00 bits per heavy atom. The Hall–Kier alpha value is -4.14. The molecule has 0 saturated carbocycles. The van der Waals surface area contributed by atoms with Crippen molar-refractivity contribution in [3.63, 3.8) is 0 Å². The fourth-order valence-electron chi connectivity index (χ4n) is 2.79. The Kier molecular flexibility index (Phi) is 7.00. The van der Waals surface area contributed by atoms with Crippen molar-refractivity contribution in [2.75, 3.05) is 6.61 Å². The molecular weight excluding hydrogens is 402 g/mol. The molecule has 2 aromatic carbocycles. The molecule has 1 aromatic heterocycles. The highest BCUT2D eigenvalue weighted by molar-refractivity contribution is 5.94. The SMILES string of the molecule is CCOc1cc(C(=O)NCc2cc([N+](=O)[O-])ccc2O)ccc1OCc1cccnc1. The molecule has 9 heteroatoms. The Bertz CT molecular complexity index is 1070. The maximum Gasteiger partial charge on any atom is 0.270 e. The number of phenolic OH excluding ortho intramolecular Hbond substituents is 1. The number of hydrogen-bond donors (Lipinski definition) is 2. The van der Waals surface area contributed by atoms with E-state index in [1.165, 1.54) is 18.2 Å². The van der Waals surface area contributed by atoms with E-state index >= 15 is 0 Å². The van der Waals surface area contributed by atoms with Gasteiger partial charge in [0.15, 0.2) is 11.5 Å². The minimum absolute atomic E-state index is 0.0738. The topological polar surface area (TPSA) is 124 Å². The lowest BCUT2D eigenvalue weighted by Crippen LogP contribution is -2.23. The number of carbonyl (C=O) groups is 1. The summed E-state index contributed by atoms with van der Waals surface area (Å²) in [6.45, 7) is 2.43. The number of nitro benzene ring substituents is 1. The molecule has 3 aromatic rings. The normalized spacial score (nSPS) is 10.4. The van der Waals surface area contributed by atoms with E-state index < -0.39 is 10.8 Å². The highest BCUT2D eigenvalue weighted by Gasteiger charge is 2.14. The molecule has 3 rings (SSSR count). The summed E-state index contributed by atoms with van der Waals surface area (Å²) in [6.07, 6.45) is 3.38. The third-order valence-electron chi connectivity index (χ3n) is 4.34. The van der Waals surface area contributed by atoms with Crippen LogP contribution in [0.25, 0.3) is 0 Å². The molecule has 0 atom stereocenters. The molecule has 0 aliphatic heterocycles. The molecular formula is C22H21N3O6. The van der Waals surface area contributed by atoms with Gasteiger partial charge in [-0.1, -0.05) is 6.07 Å². The number of nitrogens with zero attached hydrogens (tertiary/aromatic N) is 2. The van der Waals surface area contributed by atoms with E-state index in [0.717, 1.165) is 5.56 Å². The van der Waals surface area contributed by atoms with Gasteiger partial charge in [0.05, 0.1) is 11.5 Å². The van der Waals surface area contributed by atoms with Gasteiger partial charge in [0.25, 0.3) is 11.6 Å². The molecule has 0 aliphatic carbocycles. The predicted octanol–water partition coefficient (Wildman–Crippen LogP) is 3.60. The number of aromatic nitrogens is 1. The number of pyridine rings is 1.